The van der Waals surface area contributed by atoms with Crippen LogP contribution in [0.3, 0.4) is 0 Å². The van der Waals surface area contributed by atoms with E-state index in [-0.39, 0.29) is 6.10 Å². The van der Waals surface area contributed by atoms with Crippen molar-refractivity contribution < 1.29 is 9.53 Å². The van der Waals surface area contributed by atoms with E-state index in [1.165, 1.54) is 5.56 Å². The normalized spacial score (nSPS) is 11.7. The molecule has 2 nitrogen and oxygen atoms in total. The average molecular weight is 222 g/mol. The highest BCUT2D eigenvalue weighted by atomic mass is 32.2. The van der Waals surface area contributed by atoms with Crippen molar-refractivity contribution in [3.63, 3.8) is 0 Å². The highest BCUT2D eigenvalue weighted by Crippen LogP contribution is 2.13. The molecule has 0 saturated heterocycles. The molecule has 0 aliphatic carbocycles. The number of hydrogen-bond donors (Lipinski definition) is 0. The van der Waals surface area contributed by atoms with Crippen LogP contribution in [-0.4, -0.2) is 18.3 Å². The summed E-state index contributed by atoms with van der Waals surface area (Å²) in [7, 11) is 0. The molecular formula is C12H14O2S. The van der Waals surface area contributed by atoms with E-state index in [1.54, 1.807) is 17.8 Å². The maximum Gasteiger partial charge on any atom is 0.293 e. The van der Waals surface area contributed by atoms with Crippen LogP contribution in [0, 0.1) is 0 Å². The summed E-state index contributed by atoms with van der Waals surface area (Å²) < 4.78 is 4.81. The fraction of sp³-hybridized carbons (Fsp3) is 0.250. The van der Waals surface area contributed by atoms with Gasteiger partial charge in [0.1, 0.15) is 6.10 Å². The molecule has 1 aromatic rings. The van der Waals surface area contributed by atoms with Gasteiger partial charge in [-0.05, 0) is 5.56 Å². The molecule has 80 valence electrons. The van der Waals surface area contributed by atoms with Crippen LogP contribution < -0.4 is 0 Å². The number of ether oxygens (including phenoxy) is 1. The Morgan fingerprint density at radius 2 is 2.13 bits per heavy atom. The molecule has 1 unspecified atom stereocenters. The monoisotopic (exact) mass is 222 g/mol. The molecule has 1 atom stereocenters. The van der Waals surface area contributed by atoms with E-state index in [9.17, 15) is 4.79 Å². The Hall–Kier alpha value is -1.22. The first kappa shape index (κ1) is 11.9. The van der Waals surface area contributed by atoms with Gasteiger partial charge in [0.05, 0.1) is 0 Å². The van der Waals surface area contributed by atoms with Crippen LogP contribution in [0.2, 0.25) is 0 Å². The summed E-state index contributed by atoms with van der Waals surface area (Å²) >= 11 is 1.72. The topological polar surface area (TPSA) is 26.3 Å². The third kappa shape index (κ3) is 4.70. The van der Waals surface area contributed by atoms with Gasteiger partial charge in [-0.3, -0.25) is 4.79 Å². The molecule has 0 radical (unpaired) electrons. The summed E-state index contributed by atoms with van der Waals surface area (Å²) in [5.74, 6) is 1.67. The standard InChI is InChI=1S/C12H14O2S/c1-2-12(14-10-13)9-15-8-11-6-4-3-5-7-11/h2-7,10,12H,1,8-9H2. The van der Waals surface area contributed by atoms with Gasteiger partial charge in [-0.25, -0.2) is 0 Å². The van der Waals surface area contributed by atoms with Crippen molar-refractivity contribution in [1.82, 2.24) is 0 Å². The Balaban J connectivity index is 2.26. The summed E-state index contributed by atoms with van der Waals surface area (Å²) in [5, 5.41) is 0. The molecule has 1 aromatic carbocycles. The molecule has 0 N–H and O–H groups in total. The van der Waals surface area contributed by atoms with E-state index < -0.39 is 0 Å². The average Bonchev–Trinajstić information content (AvgIpc) is 2.29. The number of benzene rings is 1. The zero-order valence-electron chi connectivity index (χ0n) is 8.46. The number of rotatable bonds is 7. The minimum Gasteiger partial charge on any atom is -0.459 e. The van der Waals surface area contributed by atoms with Gasteiger partial charge in [0.2, 0.25) is 0 Å². The van der Waals surface area contributed by atoms with Crippen molar-refractivity contribution >= 4 is 18.2 Å². The summed E-state index contributed by atoms with van der Waals surface area (Å²) in [5.41, 5.74) is 1.27. The summed E-state index contributed by atoms with van der Waals surface area (Å²) in [6.45, 7) is 4.08. The second-order valence-corrected chi connectivity index (χ2v) is 4.04. The smallest absolute Gasteiger partial charge is 0.293 e. The first-order valence-electron chi connectivity index (χ1n) is 4.70. The van der Waals surface area contributed by atoms with Gasteiger partial charge in [-0.2, -0.15) is 11.8 Å². The van der Waals surface area contributed by atoms with Crippen LogP contribution >= 0.6 is 11.8 Å². The lowest BCUT2D eigenvalue weighted by atomic mass is 10.2. The SMILES string of the molecule is C=CC(CSCc1ccccc1)OC=O. The first-order valence-corrected chi connectivity index (χ1v) is 5.85. The molecule has 0 fully saturated rings. The van der Waals surface area contributed by atoms with Gasteiger partial charge in [0, 0.05) is 11.5 Å². The predicted octanol–water partition coefficient (Wildman–Crippen LogP) is 2.65. The summed E-state index contributed by atoms with van der Waals surface area (Å²) in [6, 6.07) is 10.2. The second-order valence-electron chi connectivity index (χ2n) is 3.01. The Morgan fingerprint density at radius 3 is 2.73 bits per heavy atom. The van der Waals surface area contributed by atoms with E-state index in [2.05, 4.69) is 18.7 Å². The number of carbonyl (C=O) groups is 1. The highest BCUT2D eigenvalue weighted by Gasteiger charge is 2.03. The molecule has 0 aromatic heterocycles. The molecular weight excluding hydrogens is 208 g/mol. The molecule has 0 bridgehead atoms. The maximum atomic E-state index is 10.1. The minimum atomic E-state index is -0.184. The van der Waals surface area contributed by atoms with E-state index in [0.29, 0.717) is 6.47 Å². The molecule has 0 heterocycles. The van der Waals surface area contributed by atoms with Crippen LogP contribution in [0.4, 0.5) is 0 Å². The largest absolute Gasteiger partial charge is 0.459 e. The van der Waals surface area contributed by atoms with Crippen LogP contribution in [0.15, 0.2) is 43.0 Å². The van der Waals surface area contributed by atoms with E-state index in [0.717, 1.165) is 11.5 Å². The minimum absolute atomic E-state index is 0.184. The van der Waals surface area contributed by atoms with E-state index >= 15 is 0 Å². The number of thioether (sulfide) groups is 1. The molecule has 1 rings (SSSR count). The van der Waals surface area contributed by atoms with Gasteiger partial charge in [0.15, 0.2) is 0 Å². The molecule has 0 amide bonds. The second kappa shape index (κ2) is 7.12. The van der Waals surface area contributed by atoms with E-state index in [1.807, 2.05) is 18.2 Å². The van der Waals surface area contributed by atoms with Crippen LogP contribution in [0.25, 0.3) is 0 Å². The zero-order valence-corrected chi connectivity index (χ0v) is 9.28. The van der Waals surface area contributed by atoms with Gasteiger partial charge < -0.3 is 4.74 Å². The van der Waals surface area contributed by atoms with Crippen molar-refractivity contribution in [1.29, 1.82) is 0 Å². The molecule has 3 heteroatoms. The zero-order chi connectivity index (χ0) is 10.9. The maximum absolute atomic E-state index is 10.1. The Labute approximate surface area is 94.3 Å². The third-order valence-electron chi connectivity index (χ3n) is 1.89. The van der Waals surface area contributed by atoms with Gasteiger partial charge in [0.25, 0.3) is 6.47 Å². The van der Waals surface area contributed by atoms with Crippen LogP contribution in [0.5, 0.6) is 0 Å². The fourth-order valence-electron chi connectivity index (χ4n) is 1.10. The first-order chi connectivity index (χ1) is 7.36. The molecule has 0 saturated carbocycles. The summed E-state index contributed by atoms with van der Waals surface area (Å²) in [6.07, 6.45) is 1.46. The van der Waals surface area contributed by atoms with Crippen LogP contribution in [-0.2, 0) is 15.3 Å². The lowest BCUT2D eigenvalue weighted by Crippen LogP contribution is -2.11. The Morgan fingerprint density at radius 1 is 1.40 bits per heavy atom. The lowest BCUT2D eigenvalue weighted by molar-refractivity contribution is -0.130. The molecule has 15 heavy (non-hydrogen) atoms. The highest BCUT2D eigenvalue weighted by molar-refractivity contribution is 7.98. The van der Waals surface area contributed by atoms with Gasteiger partial charge in [-0.1, -0.05) is 43.0 Å². The summed E-state index contributed by atoms with van der Waals surface area (Å²) in [4.78, 5) is 10.1. The lowest BCUT2D eigenvalue weighted by Gasteiger charge is -2.09. The van der Waals surface area contributed by atoms with Crippen molar-refractivity contribution in [2.45, 2.75) is 11.9 Å². The van der Waals surface area contributed by atoms with Gasteiger partial charge >= 0.3 is 0 Å². The number of hydrogen-bond acceptors (Lipinski definition) is 3. The van der Waals surface area contributed by atoms with Crippen molar-refractivity contribution in [2.24, 2.45) is 0 Å². The van der Waals surface area contributed by atoms with Gasteiger partial charge in [-0.15, -0.1) is 0 Å². The fourth-order valence-corrected chi connectivity index (χ4v) is 2.09. The quantitative estimate of drug-likeness (QED) is 0.524. The molecule has 0 aliphatic heterocycles. The number of carbonyl (C=O) groups excluding carboxylic acids is 1. The van der Waals surface area contributed by atoms with Crippen molar-refractivity contribution in [3.8, 4) is 0 Å². The van der Waals surface area contributed by atoms with Crippen LogP contribution in [0.1, 0.15) is 5.56 Å². The van der Waals surface area contributed by atoms with Crippen molar-refractivity contribution in [2.75, 3.05) is 5.75 Å². The Bertz CT molecular complexity index is 298. The third-order valence-corrected chi connectivity index (χ3v) is 2.99. The molecule has 0 spiro atoms. The Kier molecular flexibility index (Phi) is 5.63. The predicted molar refractivity (Wildman–Crippen MR) is 63.7 cm³/mol. The van der Waals surface area contributed by atoms with E-state index in [4.69, 9.17) is 4.74 Å². The molecule has 0 aliphatic rings. The van der Waals surface area contributed by atoms with Crippen molar-refractivity contribution in [3.05, 3.63) is 48.6 Å².